The smallest absolute Gasteiger partial charge is 0.266 e. The topological polar surface area (TPSA) is 92.8 Å². The number of amides is 1. The van der Waals surface area contributed by atoms with Gasteiger partial charge in [0, 0.05) is 28.9 Å². The van der Waals surface area contributed by atoms with E-state index >= 15 is 0 Å². The largest absolute Gasteiger partial charge is 0.497 e. The van der Waals surface area contributed by atoms with E-state index < -0.39 is 5.91 Å². The highest BCUT2D eigenvalue weighted by atomic mass is 16.5. The number of rotatable bonds is 6. The average Bonchev–Trinajstić information content (AvgIpc) is 3.36. The predicted octanol–water partition coefficient (Wildman–Crippen LogP) is 5.64. The molecule has 2 aromatic heterocycles. The Labute approximate surface area is 207 Å². The number of hydrogen-bond donors (Lipinski definition) is 1. The summed E-state index contributed by atoms with van der Waals surface area (Å²) in [6, 6.07) is 28.3. The van der Waals surface area contributed by atoms with Gasteiger partial charge in [-0.25, -0.2) is 4.68 Å². The number of methoxy groups -OCH3 is 1. The molecule has 0 fully saturated rings. The predicted molar refractivity (Wildman–Crippen MR) is 140 cm³/mol. The number of para-hydroxylation sites is 1. The number of ether oxygens (including phenoxy) is 1. The first-order valence-corrected chi connectivity index (χ1v) is 11.2. The highest BCUT2D eigenvalue weighted by Crippen LogP contribution is 2.28. The van der Waals surface area contributed by atoms with Crippen LogP contribution in [0.4, 0.5) is 5.69 Å². The monoisotopic (exact) mass is 471 g/mol. The van der Waals surface area contributed by atoms with Crippen LogP contribution in [0, 0.1) is 11.3 Å². The van der Waals surface area contributed by atoms with Crippen molar-refractivity contribution in [3.8, 4) is 28.8 Å². The summed E-state index contributed by atoms with van der Waals surface area (Å²) < 4.78 is 7.00. The zero-order valence-electron chi connectivity index (χ0n) is 19.4. The van der Waals surface area contributed by atoms with Gasteiger partial charge in [0.25, 0.3) is 5.91 Å². The van der Waals surface area contributed by atoms with Crippen LogP contribution in [0.1, 0.15) is 5.56 Å². The van der Waals surface area contributed by atoms with Crippen LogP contribution < -0.4 is 10.1 Å². The van der Waals surface area contributed by atoms with Gasteiger partial charge in [-0.15, -0.1) is 0 Å². The van der Waals surface area contributed by atoms with Gasteiger partial charge in [-0.1, -0.05) is 24.3 Å². The Morgan fingerprint density at radius 2 is 1.81 bits per heavy atom. The molecule has 0 aliphatic carbocycles. The first-order valence-electron chi connectivity index (χ1n) is 11.2. The maximum atomic E-state index is 13.1. The lowest BCUT2D eigenvalue weighted by molar-refractivity contribution is -0.112. The van der Waals surface area contributed by atoms with Gasteiger partial charge in [0.2, 0.25) is 0 Å². The lowest BCUT2D eigenvalue weighted by atomic mass is 10.1. The van der Waals surface area contributed by atoms with Gasteiger partial charge < -0.3 is 10.1 Å². The number of nitrogens with one attached hydrogen (secondary N) is 1. The van der Waals surface area contributed by atoms with Crippen LogP contribution in [-0.4, -0.2) is 27.8 Å². The van der Waals surface area contributed by atoms with E-state index in [0.29, 0.717) is 16.9 Å². The first kappa shape index (κ1) is 22.6. The molecule has 0 bridgehead atoms. The van der Waals surface area contributed by atoms with Crippen molar-refractivity contribution in [1.29, 1.82) is 5.26 Å². The molecule has 0 atom stereocenters. The number of carbonyl (C=O) groups excluding carboxylic acids is 1. The van der Waals surface area contributed by atoms with Crippen LogP contribution >= 0.6 is 0 Å². The Morgan fingerprint density at radius 3 is 2.56 bits per heavy atom. The summed E-state index contributed by atoms with van der Waals surface area (Å²) >= 11 is 0. The van der Waals surface area contributed by atoms with Gasteiger partial charge in [0.15, 0.2) is 0 Å². The summed E-state index contributed by atoms with van der Waals surface area (Å²) in [5.41, 5.74) is 4.25. The van der Waals surface area contributed by atoms with Crippen molar-refractivity contribution < 1.29 is 9.53 Å². The summed E-state index contributed by atoms with van der Waals surface area (Å²) in [6.45, 7) is 0. The lowest BCUT2D eigenvalue weighted by Gasteiger charge is -2.08. The molecule has 0 aliphatic heterocycles. The van der Waals surface area contributed by atoms with Gasteiger partial charge >= 0.3 is 0 Å². The van der Waals surface area contributed by atoms with Crippen LogP contribution in [0.15, 0.2) is 103 Å². The number of nitrogens with zero attached hydrogens (tertiary/aromatic N) is 4. The standard InChI is InChI=1S/C29H21N5O2/c1-36-24-14-12-20(13-15-24)28-22(19-34(33-28)23-7-3-2-4-8-23)17-21(18-30)29(35)32-27-11-5-10-26-25(27)9-6-16-31-26/h2-17,19H,1H3,(H,32,35)/b21-17+. The highest BCUT2D eigenvalue weighted by Gasteiger charge is 2.16. The quantitative estimate of drug-likeness (QED) is 0.255. The second kappa shape index (κ2) is 9.95. The van der Waals surface area contributed by atoms with Crippen LogP contribution in [0.25, 0.3) is 33.9 Å². The zero-order chi connectivity index (χ0) is 24.9. The van der Waals surface area contributed by atoms with Gasteiger partial charge in [-0.3, -0.25) is 9.78 Å². The SMILES string of the molecule is COc1ccc(-c2nn(-c3ccccc3)cc2/C=C(\C#N)C(=O)Nc2cccc3ncccc23)cc1. The number of benzene rings is 3. The molecule has 0 radical (unpaired) electrons. The Bertz CT molecular complexity index is 1610. The Morgan fingerprint density at radius 1 is 1.00 bits per heavy atom. The molecule has 3 aromatic carbocycles. The first-order chi connectivity index (χ1) is 17.7. The summed E-state index contributed by atoms with van der Waals surface area (Å²) in [5, 5.41) is 18.3. The van der Waals surface area contributed by atoms with E-state index in [9.17, 15) is 10.1 Å². The van der Waals surface area contributed by atoms with Crippen molar-refractivity contribution in [2.45, 2.75) is 0 Å². The van der Waals surface area contributed by atoms with E-state index in [0.717, 1.165) is 27.9 Å². The lowest BCUT2D eigenvalue weighted by Crippen LogP contribution is -2.13. The molecule has 5 rings (SSSR count). The maximum absolute atomic E-state index is 13.1. The molecule has 174 valence electrons. The molecule has 0 aliphatic rings. The second-order valence-corrected chi connectivity index (χ2v) is 7.94. The molecule has 7 nitrogen and oxygen atoms in total. The van der Waals surface area contributed by atoms with Gasteiger partial charge in [-0.2, -0.15) is 10.4 Å². The third-order valence-corrected chi connectivity index (χ3v) is 5.69. The summed E-state index contributed by atoms with van der Waals surface area (Å²) in [6.07, 6.45) is 5.06. The third kappa shape index (κ3) is 4.56. The molecule has 1 N–H and O–H groups in total. The number of fused-ring (bicyclic) bond motifs is 1. The summed E-state index contributed by atoms with van der Waals surface area (Å²) in [4.78, 5) is 17.5. The zero-order valence-corrected chi connectivity index (χ0v) is 19.4. The summed E-state index contributed by atoms with van der Waals surface area (Å²) in [7, 11) is 1.61. The van der Waals surface area contributed by atoms with Crippen LogP contribution in [0.5, 0.6) is 5.75 Å². The molecule has 5 aromatic rings. The van der Waals surface area contributed by atoms with E-state index in [-0.39, 0.29) is 5.57 Å². The van der Waals surface area contributed by atoms with Crippen LogP contribution in [-0.2, 0) is 4.79 Å². The molecule has 0 spiro atoms. The van der Waals surface area contributed by atoms with Gasteiger partial charge in [0.1, 0.15) is 17.4 Å². The number of carbonyl (C=O) groups is 1. The molecular weight excluding hydrogens is 450 g/mol. The molecule has 7 heteroatoms. The Hall–Kier alpha value is -5.22. The molecule has 36 heavy (non-hydrogen) atoms. The second-order valence-electron chi connectivity index (χ2n) is 7.94. The molecule has 2 heterocycles. The Balaban J connectivity index is 1.55. The minimum Gasteiger partial charge on any atom is -0.497 e. The minimum absolute atomic E-state index is 0.0433. The number of aromatic nitrogens is 3. The minimum atomic E-state index is -0.512. The average molecular weight is 472 g/mol. The van der Waals surface area contributed by atoms with E-state index in [1.807, 2.05) is 78.9 Å². The van der Waals surface area contributed by atoms with Crippen molar-refractivity contribution in [1.82, 2.24) is 14.8 Å². The maximum Gasteiger partial charge on any atom is 0.266 e. The number of nitriles is 1. The molecule has 0 unspecified atom stereocenters. The van der Waals surface area contributed by atoms with Gasteiger partial charge in [-0.05, 0) is 66.7 Å². The number of pyridine rings is 1. The van der Waals surface area contributed by atoms with Crippen molar-refractivity contribution in [2.75, 3.05) is 12.4 Å². The summed E-state index contributed by atoms with van der Waals surface area (Å²) in [5.74, 6) is 0.210. The van der Waals surface area contributed by atoms with E-state index in [2.05, 4.69) is 10.3 Å². The molecule has 1 amide bonds. The third-order valence-electron chi connectivity index (χ3n) is 5.69. The Kier molecular flexibility index (Phi) is 6.24. The number of hydrogen-bond acceptors (Lipinski definition) is 5. The number of anilines is 1. The van der Waals surface area contributed by atoms with Crippen molar-refractivity contribution in [3.05, 3.63) is 108 Å². The van der Waals surface area contributed by atoms with E-state index in [1.165, 1.54) is 0 Å². The van der Waals surface area contributed by atoms with E-state index in [1.54, 1.807) is 42.4 Å². The van der Waals surface area contributed by atoms with Crippen LogP contribution in [0.2, 0.25) is 0 Å². The fraction of sp³-hybridized carbons (Fsp3) is 0.0345. The van der Waals surface area contributed by atoms with Crippen molar-refractivity contribution in [2.24, 2.45) is 0 Å². The van der Waals surface area contributed by atoms with E-state index in [4.69, 9.17) is 9.84 Å². The normalized spacial score (nSPS) is 11.2. The molecule has 0 saturated heterocycles. The fourth-order valence-electron chi connectivity index (χ4n) is 3.89. The highest BCUT2D eigenvalue weighted by molar-refractivity contribution is 6.12. The van der Waals surface area contributed by atoms with Crippen LogP contribution in [0.3, 0.4) is 0 Å². The molecular formula is C29H21N5O2. The van der Waals surface area contributed by atoms with Crippen molar-refractivity contribution >= 4 is 28.6 Å². The fourth-order valence-corrected chi connectivity index (χ4v) is 3.89. The van der Waals surface area contributed by atoms with Crippen molar-refractivity contribution in [3.63, 3.8) is 0 Å². The van der Waals surface area contributed by atoms with Gasteiger partial charge in [0.05, 0.1) is 29.7 Å². The molecule has 0 saturated carbocycles.